The minimum absolute atomic E-state index is 0.0704. The van der Waals surface area contributed by atoms with Gasteiger partial charge in [0.25, 0.3) is 0 Å². The van der Waals surface area contributed by atoms with Crippen molar-refractivity contribution in [2.75, 3.05) is 6.54 Å². The number of nitrogens with one attached hydrogen (secondary N) is 1. The Bertz CT molecular complexity index is 540. The Morgan fingerprint density at radius 3 is 2.35 bits per heavy atom. The van der Waals surface area contributed by atoms with E-state index in [0.717, 1.165) is 31.4 Å². The van der Waals surface area contributed by atoms with Crippen molar-refractivity contribution in [3.05, 3.63) is 71.8 Å². The van der Waals surface area contributed by atoms with E-state index in [-0.39, 0.29) is 6.04 Å². The van der Waals surface area contributed by atoms with Crippen LogP contribution in [0.15, 0.2) is 60.7 Å². The molecule has 2 nitrogen and oxygen atoms in total. The maximum Gasteiger partial charge on any atom is 0.105 e. The molecule has 20 heavy (non-hydrogen) atoms. The van der Waals surface area contributed by atoms with Crippen molar-refractivity contribution in [2.24, 2.45) is 0 Å². The zero-order chi connectivity index (χ0) is 13.8. The second kappa shape index (κ2) is 5.78. The van der Waals surface area contributed by atoms with Gasteiger partial charge in [-0.3, -0.25) is 0 Å². The summed E-state index contributed by atoms with van der Waals surface area (Å²) in [4.78, 5) is 0. The molecule has 2 aromatic carbocycles. The van der Waals surface area contributed by atoms with Crippen LogP contribution in [0, 0.1) is 0 Å². The number of aliphatic hydroxyl groups is 1. The molecular formula is C18H21NO. The van der Waals surface area contributed by atoms with Crippen molar-refractivity contribution in [1.29, 1.82) is 0 Å². The van der Waals surface area contributed by atoms with Crippen LogP contribution < -0.4 is 5.32 Å². The van der Waals surface area contributed by atoms with Gasteiger partial charge >= 0.3 is 0 Å². The predicted octanol–water partition coefficient (Wildman–Crippen LogP) is 2.87. The zero-order valence-corrected chi connectivity index (χ0v) is 11.6. The average Bonchev–Trinajstić information content (AvgIpc) is 2.52. The molecule has 1 fully saturated rings. The number of rotatable bonds is 3. The van der Waals surface area contributed by atoms with E-state index in [1.165, 1.54) is 5.56 Å². The second-order valence-electron chi connectivity index (χ2n) is 5.59. The van der Waals surface area contributed by atoms with Crippen molar-refractivity contribution in [2.45, 2.75) is 30.9 Å². The Balaban J connectivity index is 1.87. The first kappa shape index (κ1) is 13.3. The van der Waals surface area contributed by atoms with Crippen LogP contribution in [0.4, 0.5) is 0 Å². The van der Waals surface area contributed by atoms with Crippen molar-refractivity contribution >= 4 is 0 Å². The minimum atomic E-state index is -0.769. The van der Waals surface area contributed by atoms with Gasteiger partial charge in [0.2, 0.25) is 0 Å². The smallest absolute Gasteiger partial charge is 0.105 e. The molecule has 1 aliphatic rings. The van der Waals surface area contributed by atoms with E-state index in [2.05, 4.69) is 29.6 Å². The van der Waals surface area contributed by atoms with E-state index < -0.39 is 5.60 Å². The van der Waals surface area contributed by atoms with Gasteiger partial charge in [-0.15, -0.1) is 0 Å². The van der Waals surface area contributed by atoms with Crippen LogP contribution >= 0.6 is 0 Å². The van der Waals surface area contributed by atoms with Gasteiger partial charge in [0.05, 0.1) is 0 Å². The van der Waals surface area contributed by atoms with Gasteiger partial charge in [-0.1, -0.05) is 60.7 Å². The topological polar surface area (TPSA) is 32.3 Å². The predicted molar refractivity (Wildman–Crippen MR) is 81.5 cm³/mol. The molecule has 2 aromatic rings. The minimum Gasteiger partial charge on any atom is -0.384 e. The molecule has 0 radical (unpaired) electrons. The molecule has 3 rings (SSSR count). The molecule has 2 heteroatoms. The standard InChI is InChI=1S/C18H21NO/c20-18(16-10-5-2-6-11-16)12-7-13-19-17(18)14-15-8-3-1-4-9-15/h1-6,8-11,17,19-20H,7,12-14H2/t17-,18+/m0/s1. The second-order valence-corrected chi connectivity index (χ2v) is 5.59. The third-order valence-electron chi connectivity index (χ3n) is 4.26. The fraction of sp³-hybridized carbons (Fsp3) is 0.333. The van der Waals surface area contributed by atoms with Crippen LogP contribution in [0.5, 0.6) is 0 Å². The van der Waals surface area contributed by atoms with E-state index in [0.29, 0.717) is 0 Å². The molecule has 2 N–H and O–H groups in total. The SMILES string of the molecule is O[C@@]1(c2ccccc2)CCCN[C@H]1Cc1ccccc1. The van der Waals surface area contributed by atoms with E-state index in [9.17, 15) is 5.11 Å². The lowest BCUT2D eigenvalue weighted by atomic mass is 9.77. The summed E-state index contributed by atoms with van der Waals surface area (Å²) in [5.41, 5.74) is 1.52. The first-order chi connectivity index (χ1) is 9.79. The quantitative estimate of drug-likeness (QED) is 0.896. The highest BCUT2D eigenvalue weighted by Crippen LogP contribution is 2.34. The van der Waals surface area contributed by atoms with Crippen molar-refractivity contribution in [3.63, 3.8) is 0 Å². The highest BCUT2D eigenvalue weighted by molar-refractivity contribution is 5.27. The first-order valence-corrected chi connectivity index (χ1v) is 7.34. The van der Waals surface area contributed by atoms with Crippen LogP contribution in [-0.2, 0) is 12.0 Å². The maximum atomic E-state index is 11.2. The Morgan fingerprint density at radius 1 is 1.00 bits per heavy atom. The summed E-state index contributed by atoms with van der Waals surface area (Å²) >= 11 is 0. The lowest BCUT2D eigenvalue weighted by Gasteiger charge is -2.41. The summed E-state index contributed by atoms with van der Waals surface area (Å²) in [5.74, 6) is 0. The van der Waals surface area contributed by atoms with Gasteiger partial charge in [0.15, 0.2) is 0 Å². The summed E-state index contributed by atoms with van der Waals surface area (Å²) in [5, 5.41) is 14.7. The number of benzene rings is 2. The zero-order valence-electron chi connectivity index (χ0n) is 11.6. The van der Waals surface area contributed by atoms with Crippen molar-refractivity contribution < 1.29 is 5.11 Å². The molecule has 0 spiro atoms. The van der Waals surface area contributed by atoms with Gasteiger partial charge in [0.1, 0.15) is 5.60 Å². The van der Waals surface area contributed by atoms with Gasteiger partial charge in [-0.25, -0.2) is 0 Å². The van der Waals surface area contributed by atoms with E-state index in [1.54, 1.807) is 0 Å². The summed E-state index contributed by atoms with van der Waals surface area (Å²) < 4.78 is 0. The number of hydrogen-bond acceptors (Lipinski definition) is 2. The van der Waals surface area contributed by atoms with Gasteiger partial charge in [0, 0.05) is 6.04 Å². The molecule has 1 aliphatic heterocycles. The third-order valence-corrected chi connectivity index (χ3v) is 4.26. The molecule has 0 amide bonds. The van der Waals surface area contributed by atoms with Gasteiger partial charge < -0.3 is 10.4 Å². The third kappa shape index (κ3) is 2.62. The molecule has 0 unspecified atom stereocenters. The molecule has 104 valence electrons. The molecule has 1 heterocycles. The van der Waals surface area contributed by atoms with E-state index in [4.69, 9.17) is 0 Å². The molecule has 2 atom stereocenters. The van der Waals surface area contributed by atoms with E-state index in [1.807, 2.05) is 36.4 Å². The lowest BCUT2D eigenvalue weighted by Crippen LogP contribution is -2.53. The van der Waals surface area contributed by atoms with Crippen LogP contribution in [0.2, 0.25) is 0 Å². The Morgan fingerprint density at radius 2 is 1.65 bits per heavy atom. The van der Waals surface area contributed by atoms with E-state index >= 15 is 0 Å². The number of hydrogen-bond donors (Lipinski definition) is 2. The normalized spacial score (nSPS) is 26.4. The fourth-order valence-electron chi connectivity index (χ4n) is 3.14. The van der Waals surface area contributed by atoms with Crippen LogP contribution in [0.25, 0.3) is 0 Å². The van der Waals surface area contributed by atoms with Gasteiger partial charge in [-0.05, 0) is 36.9 Å². The highest BCUT2D eigenvalue weighted by Gasteiger charge is 2.40. The summed E-state index contributed by atoms with van der Waals surface area (Å²) in [6.45, 7) is 0.979. The summed E-state index contributed by atoms with van der Waals surface area (Å²) in [6, 6.07) is 20.5. The molecule has 0 aliphatic carbocycles. The van der Waals surface area contributed by atoms with Gasteiger partial charge in [-0.2, -0.15) is 0 Å². The fourth-order valence-corrected chi connectivity index (χ4v) is 3.14. The first-order valence-electron chi connectivity index (χ1n) is 7.34. The Kier molecular flexibility index (Phi) is 3.86. The molecular weight excluding hydrogens is 246 g/mol. The van der Waals surface area contributed by atoms with Crippen molar-refractivity contribution in [3.8, 4) is 0 Å². The van der Waals surface area contributed by atoms with Crippen LogP contribution in [-0.4, -0.2) is 17.7 Å². The monoisotopic (exact) mass is 267 g/mol. The van der Waals surface area contributed by atoms with Crippen molar-refractivity contribution in [1.82, 2.24) is 5.32 Å². The number of piperidine rings is 1. The van der Waals surface area contributed by atoms with Crippen LogP contribution in [0.3, 0.4) is 0 Å². The maximum absolute atomic E-state index is 11.2. The molecule has 0 bridgehead atoms. The Hall–Kier alpha value is -1.64. The molecule has 1 saturated heterocycles. The average molecular weight is 267 g/mol. The molecule has 0 aromatic heterocycles. The largest absolute Gasteiger partial charge is 0.384 e. The van der Waals surface area contributed by atoms with Crippen LogP contribution in [0.1, 0.15) is 24.0 Å². The Labute approximate surface area is 120 Å². The molecule has 0 saturated carbocycles. The highest BCUT2D eigenvalue weighted by atomic mass is 16.3. The summed E-state index contributed by atoms with van der Waals surface area (Å²) in [6.07, 6.45) is 2.68. The summed E-state index contributed by atoms with van der Waals surface area (Å²) in [7, 11) is 0. The lowest BCUT2D eigenvalue weighted by molar-refractivity contribution is -0.0287.